The summed E-state index contributed by atoms with van der Waals surface area (Å²) >= 11 is 0. The van der Waals surface area contributed by atoms with Gasteiger partial charge in [0.2, 0.25) is 0 Å². The highest BCUT2D eigenvalue weighted by molar-refractivity contribution is 5.65. The van der Waals surface area contributed by atoms with E-state index >= 15 is 0 Å². The molecule has 0 radical (unpaired) electrons. The average molecular weight is 245 g/mol. The second kappa shape index (κ2) is 4.65. The molecule has 0 aliphatic carbocycles. The van der Waals surface area contributed by atoms with Crippen molar-refractivity contribution in [2.45, 2.75) is 25.2 Å². The summed E-state index contributed by atoms with van der Waals surface area (Å²) in [5, 5.41) is 18.4. The van der Waals surface area contributed by atoms with E-state index in [0.717, 1.165) is 11.3 Å². The van der Waals surface area contributed by atoms with Gasteiger partial charge in [-0.05, 0) is 31.4 Å². The monoisotopic (exact) mass is 245 g/mol. The smallest absolute Gasteiger partial charge is 0.407 e. The summed E-state index contributed by atoms with van der Waals surface area (Å²) in [6.45, 7) is 2.69. The predicted molar refractivity (Wildman–Crippen MR) is 65.1 cm³/mol. The van der Waals surface area contributed by atoms with Crippen LogP contribution < -0.4 is 0 Å². The Morgan fingerprint density at radius 2 is 2.22 bits per heavy atom. The van der Waals surface area contributed by atoms with E-state index in [1.165, 1.54) is 4.90 Å². The van der Waals surface area contributed by atoms with Gasteiger partial charge in [0.05, 0.1) is 11.5 Å². The first-order valence-electron chi connectivity index (χ1n) is 5.90. The van der Waals surface area contributed by atoms with Gasteiger partial charge in [-0.2, -0.15) is 5.26 Å². The van der Waals surface area contributed by atoms with Gasteiger partial charge in [0.15, 0.2) is 0 Å². The third kappa shape index (κ3) is 2.02. The predicted octanol–water partition coefficient (Wildman–Crippen LogP) is 1.93. The second-order valence-corrected chi connectivity index (χ2v) is 4.60. The molecular formula is C13H15N3O2. The van der Waals surface area contributed by atoms with Crippen molar-refractivity contribution in [3.63, 3.8) is 0 Å². The lowest BCUT2D eigenvalue weighted by molar-refractivity contribution is 0.125. The Hall–Kier alpha value is -2.09. The van der Waals surface area contributed by atoms with E-state index in [4.69, 9.17) is 5.11 Å². The number of amides is 1. The number of aromatic nitrogens is 1. The van der Waals surface area contributed by atoms with E-state index in [1.54, 1.807) is 6.20 Å². The molecular weight excluding hydrogens is 230 g/mol. The normalized spacial score (nSPS) is 18.1. The minimum absolute atomic E-state index is 0.400. The van der Waals surface area contributed by atoms with Crippen LogP contribution in [0, 0.1) is 18.3 Å². The van der Waals surface area contributed by atoms with E-state index in [1.807, 2.05) is 19.1 Å². The highest BCUT2D eigenvalue weighted by atomic mass is 16.4. The summed E-state index contributed by atoms with van der Waals surface area (Å²) < 4.78 is 0. The number of nitriles is 1. The minimum Gasteiger partial charge on any atom is -0.465 e. The summed E-state index contributed by atoms with van der Waals surface area (Å²) in [6.07, 6.45) is 1.85. The van der Waals surface area contributed by atoms with Crippen LogP contribution >= 0.6 is 0 Å². The van der Waals surface area contributed by atoms with Crippen LogP contribution in [0.15, 0.2) is 18.3 Å². The number of carboxylic acid groups (broad SMARTS) is 1. The molecule has 1 aliphatic rings. The van der Waals surface area contributed by atoms with E-state index < -0.39 is 11.5 Å². The number of pyridine rings is 1. The van der Waals surface area contributed by atoms with Gasteiger partial charge in [-0.1, -0.05) is 6.07 Å². The van der Waals surface area contributed by atoms with Gasteiger partial charge >= 0.3 is 6.09 Å². The minimum atomic E-state index is -0.913. The molecule has 5 heteroatoms. The van der Waals surface area contributed by atoms with Crippen molar-refractivity contribution in [2.75, 3.05) is 13.1 Å². The molecule has 18 heavy (non-hydrogen) atoms. The lowest BCUT2D eigenvalue weighted by Crippen LogP contribution is -2.44. The average Bonchev–Trinajstić information content (AvgIpc) is 2.39. The first-order valence-corrected chi connectivity index (χ1v) is 5.90. The Balaban J connectivity index is 2.28. The molecule has 2 rings (SSSR count). The molecule has 0 atom stereocenters. The molecule has 0 aromatic carbocycles. The number of aryl methyl sites for hydroxylation is 1. The number of nitrogens with zero attached hydrogens (tertiary/aromatic N) is 3. The molecule has 0 spiro atoms. The van der Waals surface area contributed by atoms with Crippen molar-refractivity contribution in [3.05, 3.63) is 29.6 Å². The van der Waals surface area contributed by atoms with Crippen molar-refractivity contribution in [1.82, 2.24) is 9.88 Å². The molecule has 1 N–H and O–H groups in total. The molecule has 1 aromatic rings. The summed E-state index contributed by atoms with van der Waals surface area (Å²) in [5.74, 6) is 0. The van der Waals surface area contributed by atoms with Crippen LogP contribution in [0.25, 0.3) is 0 Å². The van der Waals surface area contributed by atoms with E-state index in [0.29, 0.717) is 25.9 Å². The Morgan fingerprint density at radius 1 is 1.56 bits per heavy atom. The van der Waals surface area contributed by atoms with Crippen LogP contribution in [0.4, 0.5) is 4.79 Å². The van der Waals surface area contributed by atoms with Crippen LogP contribution in [0.2, 0.25) is 0 Å². The molecule has 94 valence electrons. The molecule has 0 bridgehead atoms. The molecule has 2 heterocycles. The second-order valence-electron chi connectivity index (χ2n) is 4.60. The fourth-order valence-electron chi connectivity index (χ4n) is 2.51. The van der Waals surface area contributed by atoms with Crippen LogP contribution in [-0.2, 0) is 5.41 Å². The zero-order chi connectivity index (χ0) is 13.2. The number of rotatable bonds is 1. The lowest BCUT2D eigenvalue weighted by Gasteiger charge is -2.36. The van der Waals surface area contributed by atoms with Crippen LogP contribution in [0.1, 0.15) is 24.1 Å². The quantitative estimate of drug-likeness (QED) is 0.820. The number of carbonyl (C=O) groups is 1. The maximum atomic E-state index is 10.9. The molecule has 0 saturated carbocycles. The molecule has 1 aliphatic heterocycles. The van der Waals surface area contributed by atoms with Crippen molar-refractivity contribution < 1.29 is 9.90 Å². The lowest BCUT2D eigenvalue weighted by atomic mass is 9.73. The maximum Gasteiger partial charge on any atom is 0.407 e. The summed E-state index contributed by atoms with van der Waals surface area (Å²) in [4.78, 5) is 16.5. The largest absolute Gasteiger partial charge is 0.465 e. The Labute approximate surface area is 106 Å². The topological polar surface area (TPSA) is 77.2 Å². The maximum absolute atomic E-state index is 10.9. The first kappa shape index (κ1) is 12.4. The number of hydrogen-bond donors (Lipinski definition) is 1. The molecule has 1 amide bonds. The summed E-state index contributed by atoms with van der Waals surface area (Å²) in [6, 6.07) is 6.12. The van der Waals surface area contributed by atoms with Gasteiger partial charge < -0.3 is 10.0 Å². The van der Waals surface area contributed by atoms with E-state index in [9.17, 15) is 10.1 Å². The summed E-state index contributed by atoms with van der Waals surface area (Å²) in [5.41, 5.74) is 1.19. The molecule has 0 unspecified atom stereocenters. The number of hydrogen-bond acceptors (Lipinski definition) is 3. The fraction of sp³-hybridized carbons (Fsp3) is 0.462. The van der Waals surface area contributed by atoms with Crippen LogP contribution in [-0.4, -0.2) is 34.2 Å². The SMILES string of the molecule is Cc1ncccc1C1(C#N)CCN(C(=O)O)CC1. The zero-order valence-corrected chi connectivity index (χ0v) is 10.3. The van der Waals surface area contributed by atoms with Crippen molar-refractivity contribution in [3.8, 4) is 6.07 Å². The molecule has 1 fully saturated rings. The number of likely N-dealkylation sites (tertiary alicyclic amines) is 1. The van der Waals surface area contributed by atoms with Crippen molar-refractivity contribution >= 4 is 6.09 Å². The fourth-order valence-corrected chi connectivity index (χ4v) is 2.51. The molecule has 1 saturated heterocycles. The van der Waals surface area contributed by atoms with Crippen LogP contribution in [0.5, 0.6) is 0 Å². The van der Waals surface area contributed by atoms with Gasteiger partial charge in [0, 0.05) is 25.0 Å². The Kier molecular flexibility index (Phi) is 3.19. The molecule has 1 aromatic heterocycles. The van der Waals surface area contributed by atoms with Gasteiger partial charge in [-0.25, -0.2) is 4.79 Å². The number of piperidine rings is 1. The Morgan fingerprint density at radius 3 is 2.72 bits per heavy atom. The molecule has 5 nitrogen and oxygen atoms in total. The first-order chi connectivity index (χ1) is 8.59. The van der Waals surface area contributed by atoms with Crippen molar-refractivity contribution in [2.24, 2.45) is 0 Å². The van der Waals surface area contributed by atoms with Gasteiger partial charge in [0.25, 0.3) is 0 Å². The highest BCUT2D eigenvalue weighted by Crippen LogP contribution is 2.36. The van der Waals surface area contributed by atoms with Gasteiger partial charge in [0.1, 0.15) is 0 Å². The van der Waals surface area contributed by atoms with Crippen molar-refractivity contribution in [1.29, 1.82) is 5.26 Å². The summed E-state index contributed by atoms with van der Waals surface area (Å²) in [7, 11) is 0. The standard InChI is InChI=1S/C13H15N3O2/c1-10-11(3-2-6-15-10)13(9-14)4-7-16(8-5-13)12(17)18/h2-3,6H,4-5,7-8H2,1H3,(H,17,18). The highest BCUT2D eigenvalue weighted by Gasteiger charge is 2.38. The third-order valence-electron chi connectivity index (χ3n) is 3.62. The third-order valence-corrected chi connectivity index (χ3v) is 3.62. The zero-order valence-electron chi connectivity index (χ0n) is 10.3. The Bertz CT molecular complexity index is 499. The van der Waals surface area contributed by atoms with Gasteiger partial charge in [-0.15, -0.1) is 0 Å². The van der Waals surface area contributed by atoms with Crippen LogP contribution in [0.3, 0.4) is 0 Å². The van der Waals surface area contributed by atoms with E-state index in [-0.39, 0.29) is 0 Å². The van der Waals surface area contributed by atoms with E-state index in [2.05, 4.69) is 11.1 Å². The van der Waals surface area contributed by atoms with Gasteiger partial charge in [-0.3, -0.25) is 4.98 Å².